The fourth-order valence-corrected chi connectivity index (χ4v) is 6.79. The highest BCUT2D eigenvalue weighted by Gasteiger charge is 2.19. The van der Waals surface area contributed by atoms with Gasteiger partial charge in [-0.15, -0.1) is 0 Å². The van der Waals surface area contributed by atoms with E-state index in [0.29, 0.717) is 0 Å². The lowest BCUT2D eigenvalue weighted by atomic mass is 10.1. The van der Waals surface area contributed by atoms with Gasteiger partial charge in [0.15, 0.2) is 0 Å². The van der Waals surface area contributed by atoms with Gasteiger partial charge in [0, 0.05) is 0 Å². The molecule has 0 aromatic heterocycles. The van der Waals surface area contributed by atoms with E-state index in [-0.39, 0.29) is 0 Å². The Kier molecular flexibility index (Phi) is 6.57. The smallest absolute Gasteiger partial charge is 0.213 e. The molecular weight excluding hydrogens is 412 g/mol. The normalized spacial score (nSPS) is 12.2. The maximum Gasteiger partial charge on any atom is 0.213 e. The Morgan fingerprint density at radius 3 is 1.35 bits per heavy atom. The molecule has 0 spiro atoms. The van der Waals surface area contributed by atoms with Gasteiger partial charge in [0.2, 0.25) is 8.32 Å². The Morgan fingerprint density at radius 1 is 0.548 bits per heavy atom. The summed E-state index contributed by atoms with van der Waals surface area (Å²) in [6.45, 7) is 3.89. The largest absolute Gasteiger partial charge is 0.428 e. The van der Waals surface area contributed by atoms with Crippen molar-refractivity contribution in [3.05, 3.63) is 120 Å². The van der Waals surface area contributed by atoms with Gasteiger partial charge >= 0.3 is 0 Å². The molecule has 0 bridgehead atoms. The number of thiol groups is 1. The minimum Gasteiger partial charge on any atom is -0.428 e. The van der Waals surface area contributed by atoms with Crippen LogP contribution in [0.2, 0.25) is 13.1 Å². The summed E-state index contributed by atoms with van der Waals surface area (Å²) in [6, 6.07) is 38.7. The van der Waals surface area contributed by atoms with E-state index in [9.17, 15) is 4.80 Å². The molecular formula is C28H28OSSi. The summed E-state index contributed by atoms with van der Waals surface area (Å²) in [4.78, 5) is 14.3. The van der Waals surface area contributed by atoms with E-state index < -0.39 is 19.2 Å². The van der Waals surface area contributed by atoms with Crippen LogP contribution in [0, 0.1) is 0 Å². The Labute approximate surface area is 189 Å². The lowest BCUT2D eigenvalue weighted by Crippen LogP contribution is -2.41. The Morgan fingerprint density at radius 2 is 0.935 bits per heavy atom. The molecule has 1 N–H and O–H groups in total. The fourth-order valence-electron chi connectivity index (χ4n) is 3.53. The number of benzene rings is 4. The third-order valence-corrected chi connectivity index (χ3v) is 9.46. The average Bonchev–Trinajstić information content (AvgIpc) is 2.80. The molecule has 0 atom stereocenters. The second-order valence-electron chi connectivity index (χ2n) is 8.11. The number of hydrogen-bond donors (Lipinski definition) is 2. The summed E-state index contributed by atoms with van der Waals surface area (Å²) < 4.78 is 0. The molecule has 3 heteroatoms. The second-order valence-corrected chi connectivity index (χ2v) is 14.0. The quantitative estimate of drug-likeness (QED) is 0.193. The van der Waals surface area contributed by atoms with E-state index in [1.807, 2.05) is 25.2 Å². The Balaban J connectivity index is 1.57. The molecule has 4 aromatic carbocycles. The molecule has 0 amide bonds. The molecule has 0 unspecified atom stereocenters. The summed E-state index contributed by atoms with van der Waals surface area (Å²) in [5.74, 6) is 0. The van der Waals surface area contributed by atoms with Gasteiger partial charge in [0.25, 0.3) is 0 Å². The minimum absolute atomic E-state index is 0.570. The summed E-state index contributed by atoms with van der Waals surface area (Å²) in [5.41, 5.74) is 2.32. The van der Waals surface area contributed by atoms with Gasteiger partial charge in [-0.3, -0.25) is 0 Å². The third-order valence-electron chi connectivity index (χ3n) is 5.27. The van der Waals surface area contributed by atoms with Crippen LogP contribution in [-0.2, 0) is 0 Å². The van der Waals surface area contributed by atoms with E-state index in [1.165, 1.54) is 20.2 Å². The molecule has 0 radical (unpaired) electrons. The van der Waals surface area contributed by atoms with E-state index in [0.717, 1.165) is 10.8 Å². The zero-order valence-corrected chi connectivity index (χ0v) is 19.8. The zero-order valence-electron chi connectivity index (χ0n) is 17.9. The van der Waals surface area contributed by atoms with E-state index in [1.54, 1.807) is 0 Å². The van der Waals surface area contributed by atoms with Gasteiger partial charge in [0.05, 0.1) is 0 Å². The van der Waals surface area contributed by atoms with Crippen molar-refractivity contribution in [2.24, 2.45) is 0 Å². The molecule has 0 fully saturated rings. The Bertz CT molecular complexity index is 1090. The van der Waals surface area contributed by atoms with Crippen molar-refractivity contribution in [1.82, 2.24) is 0 Å². The number of rotatable bonds is 6. The Hall–Kier alpha value is -2.85. The topological polar surface area (TPSA) is 20.2 Å². The van der Waals surface area contributed by atoms with Gasteiger partial charge in [-0.2, -0.15) is 10.9 Å². The monoisotopic (exact) mass is 440 g/mol. The van der Waals surface area contributed by atoms with Gasteiger partial charge in [0.1, 0.15) is 0 Å². The maximum absolute atomic E-state index is 10.2. The van der Waals surface area contributed by atoms with Crippen molar-refractivity contribution in [1.29, 1.82) is 0 Å². The van der Waals surface area contributed by atoms with Crippen LogP contribution in [-0.4, -0.2) is 13.1 Å². The summed E-state index contributed by atoms with van der Waals surface area (Å²) >= 11 is 0. The summed E-state index contributed by atoms with van der Waals surface area (Å²) in [6.07, 6.45) is 4.27. The molecule has 156 valence electrons. The van der Waals surface area contributed by atoms with Crippen LogP contribution < -0.4 is 5.19 Å². The summed E-state index contributed by atoms with van der Waals surface area (Å²) in [7, 11) is -2.81. The fraction of sp³-hybridized carbons (Fsp3) is 0.0714. The first-order chi connectivity index (χ1) is 15.0. The molecule has 0 aliphatic rings. The molecule has 4 aromatic rings. The molecule has 0 heterocycles. The molecule has 0 aliphatic carbocycles. The minimum atomic E-state index is -2.24. The second kappa shape index (κ2) is 9.52. The average molecular weight is 441 g/mol. The molecule has 1 nitrogen and oxygen atoms in total. The van der Waals surface area contributed by atoms with Crippen LogP contribution in [0.5, 0.6) is 0 Å². The van der Waals surface area contributed by atoms with E-state index >= 15 is 0 Å². The lowest BCUT2D eigenvalue weighted by Gasteiger charge is -2.23. The van der Waals surface area contributed by atoms with Gasteiger partial charge in [-0.1, -0.05) is 84.9 Å². The maximum atomic E-state index is 10.2. The van der Waals surface area contributed by atoms with Crippen LogP contribution in [0.1, 0.15) is 11.1 Å². The van der Waals surface area contributed by atoms with E-state index in [4.69, 9.17) is 0 Å². The van der Waals surface area contributed by atoms with Crippen LogP contribution in [0.15, 0.2) is 124 Å². The predicted molar refractivity (Wildman–Crippen MR) is 138 cm³/mol. The van der Waals surface area contributed by atoms with Crippen LogP contribution in [0.3, 0.4) is 0 Å². The molecule has 0 aliphatic heterocycles. The first kappa shape index (κ1) is 21.4. The number of hydrogen-bond acceptors (Lipinski definition) is 1. The SMILES string of the molecule is C[Si](C)(O)c1ccc(/C=C/c2ccc([SH](c3ccccc3)c3ccccc3)cc2)cc1. The predicted octanol–water partition coefficient (Wildman–Crippen LogP) is 6.74. The zero-order chi connectivity index (χ0) is 21.7. The summed E-state index contributed by atoms with van der Waals surface area (Å²) in [5, 5.41) is 1.06. The van der Waals surface area contributed by atoms with Crippen LogP contribution in [0.25, 0.3) is 12.2 Å². The van der Waals surface area contributed by atoms with Crippen molar-refractivity contribution in [3.63, 3.8) is 0 Å². The molecule has 31 heavy (non-hydrogen) atoms. The highest BCUT2D eigenvalue weighted by Crippen LogP contribution is 2.51. The van der Waals surface area contributed by atoms with Crippen LogP contribution in [0.4, 0.5) is 0 Å². The van der Waals surface area contributed by atoms with E-state index in [2.05, 4.69) is 109 Å². The molecule has 0 saturated heterocycles. The van der Waals surface area contributed by atoms with Crippen molar-refractivity contribution in [2.75, 3.05) is 0 Å². The van der Waals surface area contributed by atoms with Crippen molar-refractivity contribution < 1.29 is 4.80 Å². The first-order valence-corrected chi connectivity index (χ1v) is 14.8. The third kappa shape index (κ3) is 5.45. The van der Waals surface area contributed by atoms with Crippen molar-refractivity contribution in [3.8, 4) is 0 Å². The van der Waals surface area contributed by atoms with Crippen molar-refractivity contribution in [2.45, 2.75) is 27.8 Å². The van der Waals surface area contributed by atoms with Crippen molar-refractivity contribution >= 4 is 36.6 Å². The van der Waals surface area contributed by atoms with Gasteiger partial charge in [-0.05, 0) is 80.5 Å². The van der Waals surface area contributed by atoms with Crippen LogP contribution >= 0.6 is 10.9 Å². The molecule has 0 saturated carbocycles. The highest BCUT2D eigenvalue weighted by molar-refractivity contribution is 8.17. The first-order valence-electron chi connectivity index (χ1n) is 10.5. The standard InChI is InChI=1S/C28H28OSSi/c1-31(2,29)28-21-17-24(18-22-28)14-13-23-15-19-27(20-16-23)30(25-9-5-3-6-10-25)26-11-7-4-8-12-26/h3-22,29-30H,1-2H3/b14-13+. The lowest BCUT2D eigenvalue weighted by molar-refractivity contribution is 0.568. The highest BCUT2D eigenvalue weighted by atomic mass is 32.2. The van der Waals surface area contributed by atoms with Gasteiger partial charge in [-0.25, -0.2) is 0 Å². The van der Waals surface area contributed by atoms with Gasteiger partial charge < -0.3 is 4.80 Å². The molecule has 4 rings (SSSR count).